The summed E-state index contributed by atoms with van der Waals surface area (Å²) in [5.41, 5.74) is 1.70. The van der Waals surface area contributed by atoms with E-state index in [1.54, 1.807) is 6.20 Å². The van der Waals surface area contributed by atoms with Gasteiger partial charge in [-0.05, 0) is 38.9 Å². The maximum Gasteiger partial charge on any atom is 0.0757 e. The van der Waals surface area contributed by atoms with Gasteiger partial charge in [0.2, 0.25) is 0 Å². The van der Waals surface area contributed by atoms with Crippen molar-refractivity contribution in [2.24, 2.45) is 0 Å². The average Bonchev–Trinajstić information content (AvgIpc) is 3.65. The molecule has 0 spiro atoms. The van der Waals surface area contributed by atoms with Gasteiger partial charge in [0.05, 0.1) is 5.69 Å². The number of pyridine rings is 1. The van der Waals surface area contributed by atoms with Crippen LogP contribution in [0.2, 0.25) is 0 Å². The fourth-order valence-electron chi connectivity index (χ4n) is 4.88. The summed E-state index contributed by atoms with van der Waals surface area (Å²) in [4.78, 5) is 14.1. The largest absolute Gasteiger partial charge is 0.586 e. The molecular weight excluding hydrogens is 620 g/mol. The van der Waals surface area contributed by atoms with Crippen molar-refractivity contribution < 1.29 is 0 Å². The topological polar surface area (TPSA) is 66.9 Å². The van der Waals surface area contributed by atoms with Crippen molar-refractivity contribution in [1.29, 1.82) is 0 Å². The van der Waals surface area contributed by atoms with Crippen LogP contribution in [0.5, 0.6) is 0 Å². The van der Waals surface area contributed by atoms with Crippen molar-refractivity contribution >= 4 is 52.5 Å². The Kier molecular flexibility index (Phi) is 9.93. The number of aromatic nitrogens is 4. The minimum Gasteiger partial charge on any atom is -0.586 e. The Morgan fingerprint density at radius 1 is 0.500 bits per heavy atom. The second-order valence-corrected chi connectivity index (χ2v) is 17.4. The van der Waals surface area contributed by atoms with Crippen LogP contribution in [0.3, 0.4) is 0 Å². The van der Waals surface area contributed by atoms with Crippen molar-refractivity contribution in [3.8, 4) is 22.9 Å². The molecular formula is C38H31N5P2S-2. The summed E-state index contributed by atoms with van der Waals surface area (Å²) in [6, 6.07) is 56.9. The predicted octanol–water partition coefficient (Wildman–Crippen LogP) is 7.58. The highest BCUT2D eigenvalue weighted by Crippen LogP contribution is 2.67. The molecule has 0 aliphatic heterocycles. The number of benzene rings is 5. The molecule has 0 aliphatic rings. The molecule has 0 amide bonds. The third kappa shape index (κ3) is 7.07. The Morgan fingerprint density at radius 2 is 0.913 bits per heavy atom. The van der Waals surface area contributed by atoms with Gasteiger partial charge >= 0.3 is 0 Å². The van der Waals surface area contributed by atoms with Crippen LogP contribution in [-0.2, 0) is 11.8 Å². The molecule has 5 aromatic carbocycles. The fraction of sp³-hybridized carbons (Fsp3) is 0. The molecule has 0 fully saturated rings. The molecule has 226 valence electrons. The number of hydrogen-bond donors (Lipinski definition) is 0. The Hall–Kier alpha value is -4.70. The highest BCUT2D eigenvalue weighted by atomic mass is 32.4. The van der Waals surface area contributed by atoms with Crippen molar-refractivity contribution in [2.45, 2.75) is 0 Å². The van der Waals surface area contributed by atoms with Gasteiger partial charge in [0.15, 0.2) is 0 Å². The van der Waals surface area contributed by atoms with Crippen LogP contribution in [0.4, 0.5) is 0 Å². The van der Waals surface area contributed by atoms with E-state index < -0.39 is 13.2 Å². The highest BCUT2D eigenvalue weighted by molar-refractivity contribution is 8.27. The second kappa shape index (κ2) is 14.6. The second-order valence-electron chi connectivity index (χ2n) is 10.3. The summed E-state index contributed by atoms with van der Waals surface area (Å²) < 4.78 is 0. The molecule has 46 heavy (non-hydrogen) atoms. The monoisotopic (exact) mass is 651 g/mol. The normalized spacial score (nSPS) is 11.3. The van der Waals surface area contributed by atoms with Gasteiger partial charge in [-0.2, -0.15) is 0 Å². The summed E-state index contributed by atoms with van der Waals surface area (Å²) in [7, 11) is -2.31. The van der Waals surface area contributed by atoms with Gasteiger partial charge in [0.1, 0.15) is 0 Å². The molecule has 7 rings (SSSR count). The first-order chi connectivity index (χ1) is 22.6. The van der Waals surface area contributed by atoms with Gasteiger partial charge in [-0.15, -0.1) is 25.1 Å². The van der Waals surface area contributed by atoms with Crippen molar-refractivity contribution in [1.82, 2.24) is 20.2 Å². The molecule has 0 N–H and O–H groups in total. The van der Waals surface area contributed by atoms with Crippen molar-refractivity contribution in [3.63, 3.8) is 0 Å². The maximum absolute atomic E-state index is 6.42. The lowest BCUT2D eigenvalue weighted by atomic mass is 10.2. The zero-order chi connectivity index (χ0) is 31.7. The summed E-state index contributed by atoms with van der Waals surface area (Å²) in [6.45, 7) is 0. The molecule has 0 radical (unpaired) electrons. The van der Waals surface area contributed by atoms with Gasteiger partial charge in [-0.1, -0.05) is 164 Å². The van der Waals surface area contributed by atoms with E-state index in [9.17, 15) is 0 Å². The predicted molar refractivity (Wildman–Crippen MR) is 200 cm³/mol. The molecule has 5 nitrogen and oxygen atoms in total. The van der Waals surface area contributed by atoms with Crippen LogP contribution in [0.15, 0.2) is 176 Å². The fourth-order valence-corrected chi connectivity index (χ4v) is 13.2. The molecule has 0 unspecified atom stereocenters. The lowest BCUT2D eigenvalue weighted by Crippen LogP contribution is -2.20. The van der Waals surface area contributed by atoms with E-state index in [4.69, 9.17) is 23.0 Å². The van der Waals surface area contributed by atoms with Crippen molar-refractivity contribution in [3.05, 3.63) is 181 Å². The Labute approximate surface area is 275 Å². The molecule has 0 atom stereocenters. The Balaban J connectivity index is 0.000000185. The molecule has 8 heteroatoms. The van der Waals surface area contributed by atoms with E-state index in [1.807, 2.05) is 97.1 Å². The third-order valence-electron chi connectivity index (χ3n) is 7.23. The van der Waals surface area contributed by atoms with Gasteiger partial charge in [-0.3, -0.25) is 4.98 Å². The zero-order valence-electron chi connectivity index (χ0n) is 25.0. The summed E-state index contributed by atoms with van der Waals surface area (Å²) in [6.07, 6.45) is 4.04. The van der Waals surface area contributed by atoms with Gasteiger partial charge in [-0.25, -0.2) is 0 Å². The molecule has 2 aromatic heterocycles. The van der Waals surface area contributed by atoms with E-state index in [0.717, 1.165) is 32.5 Å². The van der Waals surface area contributed by atoms with E-state index in [1.165, 1.54) is 0 Å². The van der Waals surface area contributed by atoms with Crippen molar-refractivity contribution in [2.75, 3.05) is 0 Å². The number of rotatable bonds is 8. The van der Waals surface area contributed by atoms with E-state index in [2.05, 4.69) is 93.0 Å². The quantitative estimate of drug-likeness (QED) is 0.159. The smallest absolute Gasteiger partial charge is 0.0757 e. The minimum atomic E-state index is -2.43. The maximum atomic E-state index is 6.42. The van der Waals surface area contributed by atoms with Crippen LogP contribution in [0.25, 0.3) is 27.8 Å². The molecule has 0 saturated heterocycles. The Morgan fingerprint density at radius 3 is 1.37 bits per heavy atom. The average molecular weight is 652 g/mol. The molecule has 2 heterocycles. The lowest BCUT2D eigenvalue weighted by Gasteiger charge is -2.48. The van der Waals surface area contributed by atoms with E-state index >= 15 is 0 Å². The van der Waals surface area contributed by atoms with Crippen LogP contribution in [0.1, 0.15) is 0 Å². The standard InChI is InChI=1S/C25H22NP2S.C13H9N4/c1-27(22-14-6-2-7-15-22,23-16-8-3-9-17-23)26-28(29,24-18-10-4-11-19-24)25-20-12-5-13-21-25;1-2-6-10(7-3-1)12-15-13(17-16-12)11-8-4-5-9-14-11/h2-21H,1H2;1-9H/q2*-1. The first-order valence-corrected chi connectivity index (χ1v) is 19.4. The summed E-state index contributed by atoms with van der Waals surface area (Å²) in [5, 5.41) is 12.6. The first-order valence-electron chi connectivity index (χ1n) is 14.7. The lowest BCUT2D eigenvalue weighted by molar-refractivity contribution is 1.09. The third-order valence-corrected chi connectivity index (χ3v) is 15.7. The minimum absolute atomic E-state index is 0.560. The van der Waals surface area contributed by atoms with E-state index in [0.29, 0.717) is 11.6 Å². The van der Waals surface area contributed by atoms with Crippen LogP contribution in [0, 0.1) is 0 Å². The molecule has 0 bridgehead atoms. The Bertz CT molecular complexity index is 1820. The molecule has 7 aromatic rings. The van der Waals surface area contributed by atoms with E-state index in [-0.39, 0.29) is 0 Å². The SMILES string of the molecule is C=P([N-]P(=S)(c1ccccc1)c1ccccc1)(c1ccccc1)c1ccccc1.c1ccc(-c2nnc(-c3ccccn3)[n-]2)cc1. The van der Waals surface area contributed by atoms with Gasteiger partial charge in [0, 0.05) is 17.8 Å². The summed E-state index contributed by atoms with van der Waals surface area (Å²) >= 11 is 6.42. The van der Waals surface area contributed by atoms with Crippen LogP contribution < -0.4 is 26.2 Å². The summed E-state index contributed by atoms with van der Waals surface area (Å²) in [5.74, 6) is 1.19. The van der Waals surface area contributed by atoms with Crippen LogP contribution in [-0.4, -0.2) is 21.5 Å². The highest BCUT2D eigenvalue weighted by Gasteiger charge is 2.19. The molecule has 0 saturated carbocycles. The van der Waals surface area contributed by atoms with Gasteiger partial charge < -0.3 is 20.0 Å². The first kappa shape index (κ1) is 31.3. The zero-order valence-corrected chi connectivity index (χ0v) is 27.6. The number of hydrogen-bond acceptors (Lipinski definition) is 4. The number of nitrogens with zero attached hydrogens (tertiary/aromatic N) is 5. The molecule has 0 aliphatic carbocycles. The van der Waals surface area contributed by atoms with Gasteiger partial charge in [0.25, 0.3) is 0 Å². The van der Waals surface area contributed by atoms with Crippen LogP contribution >= 0.6 is 13.2 Å².